The fourth-order valence-electron chi connectivity index (χ4n) is 2.80. The van der Waals surface area contributed by atoms with Crippen LogP contribution >= 0.6 is 0 Å². The van der Waals surface area contributed by atoms with Crippen LogP contribution in [0.4, 0.5) is 0 Å². The first-order chi connectivity index (χ1) is 13.7. The molecule has 1 amide bonds. The second kappa shape index (κ2) is 9.60. The van der Waals surface area contributed by atoms with E-state index in [2.05, 4.69) is 5.10 Å². The van der Waals surface area contributed by atoms with Crippen LogP contribution in [0.15, 0.2) is 67.0 Å². The standard InChI is InChI=1S/C22H25N3O3/c1-24(16-18-15-23-25(17-18)19-7-4-3-5-8-19)22(26)9-6-14-28-21-12-10-20(27-2)11-13-21/h3-5,7-8,10-13,15,17H,6,9,14,16H2,1-2H3. The highest BCUT2D eigenvalue weighted by Crippen LogP contribution is 2.17. The summed E-state index contributed by atoms with van der Waals surface area (Å²) in [7, 11) is 3.44. The molecular weight excluding hydrogens is 354 g/mol. The molecule has 0 radical (unpaired) electrons. The Labute approximate surface area is 165 Å². The maximum Gasteiger partial charge on any atom is 0.222 e. The number of para-hydroxylation sites is 1. The Bertz CT molecular complexity index is 876. The van der Waals surface area contributed by atoms with Crippen LogP contribution in [-0.4, -0.2) is 41.4 Å². The Morgan fingerprint density at radius 3 is 2.50 bits per heavy atom. The van der Waals surface area contributed by atoms with Crippen molar-refractivity contribution in [3.63, 3.8) is 0 Å². The third-order valence-electron chi connectivity index (χ3n) is 4.37. The van der Waals surface area contributed by atoms with Gasteiger partial charge in [0.25, 0.3) is 0 Å². The molecule has 0 saturated carbocycles. The number of rotatable bonds is 9. The minimum atomic E-state index is 0.0887. The van der Waals surface area contributed by atoms with Crippen LogP contribution in [0.1, 0.15) is 18.4 Å². The molecule has 146 valence electrons. The largest absolute Gasteiger partial charge is 0.497 e. The van der Waals surface area contributed by atoms with E-state index in [4.69, 9.17) is 9.47 Å². The van der Waals surface area contributed by atoms with Crippen molar-refractivity contribution in [2.75, 3.05) is 20.8 Å². The summed E-state index contributed by atoms with van der Waals surface area (Å²) < 4.78 is 12.6. The zero-order valence-electron chi connectivity index (χ0n) is 16.2. The van der Waals surface area contributed by atoms with Crippen molar-refractivity contribution in [1.29, 1.82) is 0 Å². The van der Waals surface area contributed by atoms with Gasteiger partial charge in [0.2, 0.25) is 5.91 Å². The molecule has 0 aliphatic heterocycles. The number of hydrogen-bond donors (Lipinski definition) is 0. The number of carbonyl (C=O) groups is 1. The maximum atomic E-state index is 12.3. The van der Waals surface area contributed by atoms with Gasteiger partial charge in [0.1, 0.15) is 11.5 Å². The predicted molar refractivity (Wildman–Crippen MR) is 108 cm³/mol. The topological polar surface area (TPSA) is 56.6 Å². The van der Waals surface area contributed by atoms with Crippen LogP contribution in [0, 0.1) is 0 Å². The van der Waals surface area contributed by atoms with Crippen LogP contribution in [0.25, 0.3) is 5.69 Å². The lowest BCUT2D eigenvalue weighted by molar-refractivity contribution is -0.130. The van der Waals surface area contributed by atoms with E-state index in [1.807, 2.05) is 72.5 Å². The molecule has 0 unspecified atom stereocenters. The van der Waals surface area contributed by atoms with Crippen LogP contribution in [0.2, 0.25) is 0 Å². The van der Waals surface area contributed by atoms with E-state index in [1.54, 1.807) is 18.2 Å². The van der Waals surface area contributed by atoms with E-state index in [0.717, 1.165) is 22.7 Å². The molecule has 1 aromatic heterocycles. The van der Waals surface area contributed by atoms with Gasteiger partial charge in [0, 0.05) is 31.8 Å². The summed E-state index contributed by atoms with van der Waals surface area (Å²) in [6.07, 6.45) is 4.85. The number of carbonyl (C=O) groups excluding carboxylic acids is 1. The van der Waals surface area contributed by atoms with Crippen LogP contribution < -0.4 is 9.47 Å². The SMILES string of the molecule is COc1ccc(OCCCC(=O)N(C)Cc2cnn(-c3ccccc3)c2)cc1. The minimum Gasteiger partial charge on any atom is -0.497 e. The Kier molecular flexibility index (Phi) is 6.68. The summed E-state index contributed by atoms with van der Waals surface area (Å²) in [6, 6.07) is 17.3. The van der Waals surface area contributed by atoms with Gasteiger partial charge in [-0.3, -0.25) is 4.79 Å². The zero-order valence-corrected chi connectivity index (χ0v) is 16.2. The van der Waals surface area contributed by atoms with Crippen molar-refractivity contribution in [1.82, 2.24) is 14.7 Å². The molecule has 0 atom stereocenters. The van der Waals surface area contributed by atoms with Gasteiger partial charge in [-0.25, -0.2) is 4.68 Å². The minimum absolute atomic E-state index is 0.0887. The van der Waals surface area contributed by atoms with Gasteiger partial charge in [-0.2, -0.15) is 5.10 Å². The lowest BCUT2D eigenvalue weighted by Crippen LogP contribution is -2.26. The van der Waals surface area contributed by atoms with Crippen molar-refractivity contribution in [3.8, 4) is 17.2 Å². The van der Waals surface area contributed by atoms with Gasteiger partial charge in [0.15, 0.2) is 0 Å². The molecule has 0 aliphatic rings. The van der Waals surface area contributed by atoms with Gasteiger partial charge in [-0.1, -0.05) is 18.2 Å². The van der Waals surface area contributed by atoms with Gasteiger partial charge < -0.3 is 14.4 Å². The molecule has 3 rings (SSSR count). The number of aromatic nitrogens is 2. The highest BCUT2D eigenvalue weighted by atomic mass is 16.5. The Morgan fingerprint density at radius 1 is 1.07 bits per heavy atom. The van der Waals surface area contributed by atoms with E-state index in [1.165, 1.54) is 0 Å². The van der Waals surface area contributed by atoms with Crippen molar-refractivity contribution < 1.29 is 14.3 Å². The first-order valence-electron chi connectivity index (χ1n) is 9.25. The fourth-order valence-corrected chi connectivity index (χ4v) is 2.80. The summed E-state index contributed by atoms with van der Waals surface area (Å²) in [5.41, 5.74) is 1.99. The molecular formula is C22H25N3O3. The van der Waals surface area contributed by atoms with Gasteiger partial charge in [-0.05, 0) is 42.8 Å². The first-order valence-corrected chi connectivity index (χ1v) is 9.25. The van der Waals surface area contributed by atoms with Crippen molar-refractivity contribution >= 4 is 5.91 Å². The summed E-state index contributed by atoms with van der Waals surface area (Å²) in [5, 5.41) is 4.37. The smallest absolute Gasteiger partial charge is 0.222 e. The molecule has 0 aliphatic carbocycles. The van der Waals surface area contributed by atoms with E-state index < -0.39 is 0 Å². The fraction of sp³-hybridized carbons (Fsp3) is 0.273. The lowest BCUT2D eigenvalue weighted by atomic mass is 10.2. The second-order valence-corrected chi connectivity index (χ2v) is 6.51. The summed E-state index contributed by atoms with van der Waals surface area (Å²) >= 11 is 0. The van der Waals surface area contributed by atoms with Crippen LogP contribution in [0.3, 0.4) is 0 Å². The maximum absolute atomic E-state index is 12.3. The summed E-state index contributed by atoms with van der Waals surface area (Å²) in [6.45, 7) is 1.03. The molecule has 0 fully saturated rings. The van der Waals surface area contributed by atoms with E-state index in [0.29, 0.717) is 26.0 Å². The number of amides is 1. The molecule has 1 heterocycles. The Balaban J connectivity index is 1.41. The number of hydrogen-bond acceptors (Lipinski definition) is 4. The van der Waals surface area contributed by atoms with Gasteiger partial charge >= 0.3 is 0 Å². The normalized spacial score (nSPS) is 10.5. The summed E-state index contributed by atoms with van der Waals surface area (Å²) in [5.74, 6) is 1.65. The number of ether oxygens (including phenoxy) is 2. The average molecular weight is 379 g/mol. The Hall–Kier alpha value is -3.28. The van der Waals surface area contributed by atoms with E-state index >= 15 is 0 Å². The third kappa shape index (κ3) is 5.36. The molecule has 28 heavy (non-hydrogen) atoms. The molecule has 0 spiro atoms. The molecule has 0 saturated heterocycles. The summed E-state index contributed by atoms with van der Waals surface area (Å²) in [4.78, 5) is 14.1. The third-order valence-corrected chi connectivity index (χ3v) is 4.37. The van der Waals surface area contributed by atoms with E-state index in [-0.39, 0.29) is 5.91 Å². The first kappa shape index (κ1) is 19.5. The number of methoxy groups -OCH3 is 1. The highest BCUT2D eigenvalue weighted by molar-refractivity contribution is 5.75. The van der Waals surface area contributed by atoms with Crippen LogP contribution in [0.5, 0.6) is 11.5 Å². The molecule has 3 aromatic rings. The average Bonchev–Trinajstić information content (AvgIpc) is 3.20. The van der Waals surface area contributed by atoms with Crippen LogP contribution in [-0.2, 0) is 11.3 Å². The highest BCUT2D eigenvalue weighted by Gasteiger charge is 2.11. The zero-order chi connectivity index (χ0) is 19.8. The van der Waals surface area contributed by atoms with E-state index in [9.17, 15) is 4.79 Å². The van der Waals surface area contributed by atoms with Gasteiger partial charge in [0.05, 0.1) is 25.6 Å². The molecule has 0 bridgehead atoms. The van der Waals surface area contributed by atoms with Gasteiger partial charge in [-0.15, -0.1) is 0 Å². The van der Waals surface area contributed by atoms with Crippen molar-refractivity contribution in [3.05, 3.63) is 72.6 Å². The molecule has 0 N–H and O–H groups in total. The number of benzene rings is 2. The molecule has 6 nitrogen and oxygen atoms in total. The molecule has 6 heteroatoms. The quantitative estimate of drug-likeness (QED) is 0.532. The molecule has 2 aromatic carbocycles. The monoisotopic (exact) mass is 379 g/mol. The Morgan fingerprint density at radius 2 is 1.79 bits per heavy atom. The second-order valence-electron chi connectivity index (χ2n) is 6.51. The lowest BCUT2D eigenvalue weighted by Gasteiger charge is -2.16. The van der Waals surface area contributed by atoms with Crippen molar-refractivity contribution in [2.45, 2.75) is 19.4 Å². The van der Waals surface area contributed by atoms with Crippen molar-refractivity contribution in [2.24, 2.45) is 0 Å². The predicted octanol–water partition coefficient (Wildman–Crippen LogP) is 3.70. The number of nitrogens with zero attached hydrogens (tertiary/aromatic N) is 3.